The third kappa shape index (κ3) is 4.45. The van der Waals surface area contributed by atoms with Crippen LogP contribution in [0.2, 0.25) is 0 Å². The Kier molecular flexibility index (Phi) is 5.51. The molecule has 2 heterocycles. The second-order valence-corrected chi connectivity index (χ2v) is 6.43. The zero-order valence-electron chi connectivity index (χ0n) is 13.8. The number of nitrogens with one attached hydrogen (secondary N) is 1. The van der Waals surface area contributed by atoms with E-state index < -0.39 is 0 Å². The van der Waals surface area contributed by atoms with Crippen LogP contribution in [0.4, 0.5) is 4.79 Å². The van der Waals surface area contributed by atoms with E-state index in [1.54, 1.807) is 0 Å². The Hall–Kier alpha value is -1.59. The van der Waals surface area contributed by atoms with Crippen LogP contribution < -0.4 is 5.32 Å². The quantitative estimate of drug-likeness (QED) is 0.924. The van der Waals surface area contributed by atoms with Gasteiger partial charge in [-0.15, -0.1) is 0 Å². The average molecular weight is 318 g/mol. The van der Waals surface area contributed by atoms with Gasteiger partial charge in [0.25, 0.3) is 0 Å². The molecule has 0 unspecified atom stereocenters. The number of hydrogen-bond donors (Lipinski definition) is 1. The number of benzene rings is 1. The molecule has 2 amide bonds. The lowest BCUT2D eigenvalue weighted by molar-refractivity contribution is 0.0331. The van der Waals surface area contributed by atoms with Crippen LogP contribution in [-0.4, -0.2) is 56.0 Å². The summed E-state index contributed by atoms with van der Waals surface area (Å²) in [5.74, 6) is 0. The van der Waals surface area contributed by atoms with Crippen molar-refractivity contribution in [1.29, 1.82) is 0 Å². The molecular weight excluding hydrogens is 292 g/mol. The number of carbonyl (C=O) groups excluding carboxylic acids is 1. The van der Waals surface area contributed by atoms with Crippen molar-refractivity contribution in [3.8, 4) is 0 Å². The summed E-state index contributed by atoms with van der Waals surface area (Å²) in [6, 6.07) is 8.49. The van der Waals surface area contributed by atoms with Gasteiger partial charge in [0.15, 0.2) is 0 Å². The van der Waals surface area contributed by atoms with Gasteiger partial charge >= 0.3 is 6.03 Å². The lowest BCUT2D eigenvalue weighted by atomic mass is 10.0. The smallest absolute Gasteiger partial charge is 0.317 e. The van der Waals surface area contributed by atoms with E-state index in [4.69, 9.17) is 9.47 Å². The van der Waals surface area contributed by atoms with Crippen LogP contribution in [0, 0.1) is 0 Å². The minimum Gasteiger partial charge on any atom is -0.379 e. The van der Waals surface area contributed by atoms with Gasteiger partial charge in [-0.3, -0.25) is 0 Å². The first-order chi connectivity index (χ1) is 11.2. The van der Waals surface area contributed by atoms with Crippen molar-refractivity contribution in [2.45, 2.75) is 38.3 Å². The van der Waals surface area contributed by atoms with Gasteiger partial charge in [-0.05, 0) is 37.3 Å². The summed E-state index contributed by atoms with van der Waals surface area (Å²) in [5.41, 5.74) is 2.72. The SMILES string of the molecule is C[C@@H](CO[C@@H]1CCOC1)NC(=O)N1CCc2ccccc2CC1. The van der Waals surface area contributed by atoms with Crippen LogP contribution in [0.1, 0.15) is 24.5 Å². The molecule has 0 radical (unpaired) electrons. The van der Waals surface area contributed by atoms with E-state index in [1.807, 2.05) is 11.8 Å². The van der Waals surface area contributed by atoms with Crippen molar-refractivity contribution in [3.63, 3.8) is 0 Å². The summed E-state index contributed by atoms with van der Waals surface area (Å²) in [7, 11) is 0. The lowest BCUT2D eigenvalue weighted by Gasteiger charge is -2.24. The van der Waals surface area contributed by atoms with Crippen molar-refractivity contribution >= 4 is 6.03 Å². The number of fused-ring (bicyclic) bond motifs is 1. The Balaban J connectivity index is 1.45. The zero-order valence-corrected chi connectivity index (χ0v) is 13.8. The fourth-order valence-corrected chi connectivity index (χ4v) is 3.14. The maximum atomic E-state index is 12.4. The third-order valence-electron chi connectivity index (χ3n) is 4.55. The van der Waals surface area contributed by atoms with Crippen molar-refractivity contribution in [2.24, 2.45) is 0 Å². The van der Waals surface area contributed by atoms with Crippen molar-refractivity contribution in [1.82, 2.24) is 10.2 Å². The van der Waals surface area contributed by atoms with E-state index in [9.17, 15) is 4.79 Å². The number of rotatable bonds is 4. The molecule has 1 fully saturated rings. The first kappa shape index (κ1) is 16.3. The number of urea groups is 1. The fourth-order valence-electron chi connectivity index (χ4n) is 3.14. The van der Waals surface area contributed by atoms with Gasteiger partial charge in [-0.25, -0.2) is 4.79 Å². The van der Waals surface area contributed by atoms with Gasteiger partial charge < -0.3 is 19.7 Å². The zero-order chi connectivity index (χ0) is 16.1. The van der Waals surface area contributed by atoms with Crippen molar-refractivity contribution in [3.05, 3.63) is 35.4 Å². The second-order valence-electron chi connectivity index (χ2n) is 6.43. The van der Waals surface area contributed by atoms with Gasteiger partial charge in [0.05, 0.1) is 25.4 Å². The Morgan fingerprint density at radius 2 is 2.04 bits per heavy atom. The molecule has 0 bridgehead atoms. The number of amides is 2. The molecule has 0 saturated carbocycles. The van der Waals surface area contributed by atoms with E-state index in [-0.39, 0.29) is 18.2 Å². The predicted octanol–water partition coefficient (Wildman–Crippen LogP) is 1.99. The second kappa shape index (κ2) is 7.79. The number of ether oxygens (including phenoxy) is 2. The molecule has 0 aromatic heterocycles. The topological polar surface area (TPSA) is 50.8 Å². The number of carbonyl (C=O) groups is 1. The summed E-state index contributed by atoms with van der Waals surface area (Å²) in [5, 5.41) is 3.05. The summed E-state index contributed by atoms with van der Waals surface area (Å²) >= 11 is 0. The monoisotopic (exact) mass is 318 g/mol. The molecule has 1 aromatic carbocycles. The first-order valence-electron chi connectivity index (χ1n) is 8.54. The maximum Gasteiger partial charge on any atom is 0.317 e. The Morgan fingerprint density at radius 1 is 1.35 bits per heavy atom. The third-order valence-corrected chi connectivity index (χ3v) is 4.55. The van der Waals surface area contributed by atoms with Gasteiger partial charge in [0, 0.05) is 19.7 Å². The molecule has 5 nitrogen and oxygen atoms in total. The summed E-state index contributed by atoms with van der Waals surface area (Å²) in [4.78, 5) is 14.4. The highest BCUT2D eigenvalue weighted by Crippen LogP contribution is 2.15. The van der Waals surface area contributed by atoms with Gasteiger partial charge in [0.2, 0.25) is 0 Å². The van der Waals surface area contributed by atoms with E-state index in [2.05, 4.69) is 29.6 Å². The Morgan fingerprint density at radius 3 is 2.65 bits per heavy atom. The highest BCUT2D eigenvalue weighted by Gasteiger charge is 2.21. The molecule has 3 rings (SSSR count). The fraction of sp³-hybridized carbons (Fsp3) is 0.611. The molecule has 0 spiro atoms. The highest BCUT2D eigenvalue weighted by atomic mass is 16.5. The van der Waals surface area contributed by atoms with Crippen LogP contribution >= 0.6 is 0 Å². The molecule has 1 saturated heterocycles. The lowest BCUT2D eigenvalue weighted by Crippen LogP contribution is -2.46. The Bertz CT molecular complexity index is 502. The summed E-state index contributed by atoms with van der Waals surface area (Å²) < 4.78 is 11.1. The van der Waals surface area contributed by atoms with Crippen LogP contribution in [-0.2, 0) is 22.3 Å². The normalized spacial score (nSPS) is 22.3. The molecule has 2 aliphatic rings. The molecule has 23 heavy (non-hydrogen) atoms. The predicted molar refractivity (Wildman–Crippen MR) is 88.6 cm³/mol. The minimum absolute atomic E-state index is 0.00808. The van der Waals surface area contributed by atoms with Crippen molar-refractivity contribution in [2.75, 3.05) is 32.9 Å². The van der Waals surface area contributed by atoms with Crippen LogP contribution in [0.15, 0.2) is 24.3 Å². The molecule has 2 atom stereocenters. The average Bonchev–Trinajstić information content (AvgIpc) is 2.98. The number of nitrogens with zero attached hydrogens (tertiary/aromatic N) is 1. The van der Waals surface area contributed by atoms with Crippen LogP contribution in [0.5, 0.6) is 0 Å². The van der Waals surface area contributed by atoms with Gasteiger partial charge in [-0.1, -0.05) is 24.3 Å². The van der Waals surface area contributed by atoms with Crippen molar-refractivity contribution < 1.29 is 14.3 Å². The Labute approximate surface area is 137 Å². The van der Waals surface area contributed by atoms with Gasteiger partial charge in [0.1, 0.15) is 0 Å². The molecule has 5 heteroatoms. The minimum atomic E-state index is 0.00808. The van der Waals surface area contributed by atoms with E-state index >= 15 is 0 Å². The molecular formula is C18H26N2O3. The maximum absolute atomic E-state index is 12.4. The van der Waals surface area contributed by atoms with Gasteiger partial charge in [-0.2, -0.15) is 0 Å². The largest absolute Gasteiger partial charge is 0.379 e. The van der Waals surface area contributed by atoms with Crippen LogP contribution in [0.3, 0.4) is 0 Å². The molecule has 126 valence electrons. The molecule has 1 aromatic rings. The molecule has 0 aliphatic carbocycles. The summed E-state index contributed by atoms with van der Waals surface area (Å²) in [6.45, 7) is 5.51. The highest BCUT2D eigenvalue weighted by molar-refractivity contribution is 5.74. The first-order valence-corrected chi connectivity index (χ1v) is 8.54. The van der Waals surface area contributed by atoms with E-state index in [1.165, 1.54) is 11.1 Å². The number of hydrogen-bond acceptors (Lipinski definition) is 3. The molecule has 1 N–H and O–H groups in total. The molecule has 2 aliphatic heterocycles. The van der Waals surface area contributed by atoms with E-state index in [0.29, 0.717) is 13.2 Å². The van der Waals surface area contributed by atoms with E-state index in [0.717, 1.165) is 39.0 Å². The standard InChI is InChI=1S/C18H26N2O3/c1-14(12-23-17-8-11-22-13-17)19-18(21)20-9-6-15-4-2-3-5-16(15)7-10-20/h2-5,14,17H,6-13H2,1H3,(H,19,21)/t14-,17+/m0/s1. The summed E-state index contributed by atoms with van der Waals surface area (Å²) in [6.07, 6.45) is 2.98. The van der Waals surface area contributed by atoms with Crippen LogP contribution in [0.25, 0.3) is 0 Å².